The Morgan fingerprint density at radius 3 is 2.65 bits per heavy atom. The van der Waals surface area contributed by atoms with Gasteiger partial charge < -0.3 is 15.2 Å². The summed E-state index contributed by atoms with van der Waals surface area (Å²) in [5.41, 5.74) is 5.64. The smallest absolute Gasteiger partial charge is 0.178 e. The van der Waals surface area contributed by atoms with Crippen LogP contribution in [0.5, 0.6) is 11.5 Å². The van der Waals surface area contributed by atoms with Crippen molar-refractivity contribution in [2.45, 2.75) is 37.1 Å². The number of sulfone groups is 1. The van der Waals surface area contributed by atoms with Crippen LogP contribution in [0.1, 0.15) is 26.2 Å². The minimum atomic E-state index is -3.29. The van der Waals surface area contributed by atoms with Crippen molar-refractivity contribution >= 4 is 9.84 Å². The van der Waals surface area contributed by atoms with Crippen LogP contribution < -0.4 is 15.2 Å². The third-order valence-electron chi connectivity index (χ3n) is 3.15. The topological polar surface area (TPSA) is 78.6 Å². The van der Waals surface area contributed by atoms with E-state index in [1.54, 1.807) is 18.2 Å². The molecule has 0 spiro atoms. The van der Waals surface area contributed by atoms with E-state index in [1.807, 2.05) is 6.92 Å². The molecule has 0 aliphatic carbocycles. The zero-order chi connectivity index (χ0) is 14.6. The van der Waals surface area contributed by atoms with E-state index in [2.05, 4.69) is 0 Å². The molecule has 0 radical (unpaired) electrons. The molecule has 0 saturated carbocycles. The monoisotopic (exact) mass is 299 g/mol. The van der Waals surface area contributed by atoms with E-state index in [1.165, 1.54) is 0 Å². The van der Waals surface area contributed by atoms with Crippen molar-refractivity contribution in [1.82, 2.24) is 0 Å². The van der Waals surface area contributed by atoms with Crippen molar-refractivity contribution in [2.24, 2.45) is 5.73 Å². The van der Waals surface area contributed by atoms with Gasteiger partial charge in [0.15, 0.2) is 21.3 Å². The molecule has 0 saturated heterocycles. The van der Waals surface area contributed by atoms with Crippen LogP contribution in [0.15, 0.2) is 23.1 Å². The third kappa shape index (κ3) is 3.86. The second-order valence-electron chi connectivity index (χ2n) is 5.10. The average molecular weight is 299 g/mol. The minimum absolute atomic E-state index is 0.0222. The van der Waals surface area contributed by atoms with Gasteiger partial charge in [-0.2, -0.15) is 0 Å². The van der Waals surface area contributed by atoms with Gasteiger partial charge in [-0.15, -0.1) is 0 Å². The first-order valence-electron chi connectivity index (χ1n) is 6.87. The van der Waals surface area contributed by atoms with Crippen LogP contribution in [0.3, 0.4) is 0 Å². The van der Waals surface area contributed by atoms with E-state index in [0.29, 0.717) is 37.6 Å². The lowest BCUT2D eigenvalue weighted by Gasteiger charge is -2.10. The second kappa shape index (κ2) is 6.45. The largest absolute Gasteiger partial charge is 0.490 e. The molecule has 1 aromatic rings. The van der Waals surface area contributed by atoms with Gasteiger partial charge in [-0.05, 0) is 31.9 Å². The maximum absolute atomic E-state index is 12.2. The summed E-state index contributed by atoms with van der Waals surface area (Å²) in [7, 11) is -3.29. The number of nitrogens with two attached hydrogens (primary N) is 1. The highest BCUT2D eigenvalue weighted by molar-refractivity contribution is 7.91. The summed E-state index contributed by atoms with van der Waals surface area (Å²) >= 11 is 0. The van der Waals surface area contributed by atoms with Crippen LogP contribution in [0.2, 0.25) is 0 Å². The summed E-state index contributed by atoms with van der Waals surface area (Å²) in [6, 6.07) is 4.82. The van der Waals surface area contributed by atoms with Gasteiger partial charge in [0.2, 0.25) is 0 Å². The number of hydrogen-bond acceptors (Lipinski definition) is 5. The van der Waals surface area contributed by atoms with E-state index in [4.69, 9.17) is 15.2 Å². The number of fused-ring (bicyclic) bond motifs is 1. The van der Waals surface area contributed by atoms with E-state index in [9.17, 15) is 8.42 Å². The Morgan fingerprint density at radius 2 is 1.95 bits per heavy atom. The maximum Gasteiger partial charge on any atom is 0.178 e. The van der Waals surface area contributed by atoms with Crippen LogP contribution in [-0.4, -0.2) is 33.4 Å². The predicted molar refractivity (Wildman–Crippen MR) is 77.0 cm³/mol. The first kappa shape index (κ1) is 15.1. The standard InChI is InChI=1S/C14H21NO4S/c1-11(15)4-2-9-20(16,17)12-5-6-13-14(10-12)19-8-3-7-18-13/h5-6,10-11H,2-4,7-9,15H2,1H3. The summed E-state index contributed by atoms with van der Waals surface area (Å²) in [4.78, 5) is 0.284. The molecule has 1 unspecified atom stereocenters. The van der Waals surface area contributed by atoms with Crippen molar-refractivity contribution in [3.05, 3.63) is 18.2 Å². The summed E-state index contributed by atoms with van der Waals surface area (Å²) in [6.07, 6.45) is 2.06. The molecule has 20 heavy (non-hydrogen) atoms. The number of hydrogen-bond donors (Lipinski definition) is 1. The molecule has 0 aromatic heterocycles. The van der Waals surface area contributed by atoms with E-state index in [0.717, 1.165) is 6.42 Å². The molecule has 1 atom stereocenters. The quantitative estimate of drug-likeness (QED) is 0.896. The lowest BCUT2D eigenvalue weighted by molar-refractivity contribution is 0.297. The maximum atomic E-state index is 12.2. The van der Waals surface area contributed by atoms with Crippen LogP contribution in [0, 0.1) is 0 Å². The van der Waals surface area contributed by atoms with Crippen LogP contribution in [0.4, 0.5) is 0 Å². The van der Waals surface area contributed by atoms with Crippen molar-refractivity contribution in [3.63, 3.8) is 0 Å². The van der Waals surface area contributed by atoms with Gasteiger partial charge in [0, 0.05) is 18.5 Å². The Balaban J connectivity index is 2.13. The predicted octanol–water partition coefficient (Wildman–Crippen LogP) is 1.75. The molecular weight excluding hydrogens is 278 g/mol. The van der Waals surface area contributed by atoms with E-state index >= 15 is 0 Å². The van der Waals surface area contributed by atoms with Gasteiger partial charge in [0.05, 0.1) is 23.9 Å². The first-order valence-corrected chi connectivity index (χ1v) is 8.52. The van der Waals surface area contributed by atoms with Crippen LogP contribution >= 0.6 is 0 Å². The Morgan fingerprint density at radius 1 is 1.25 bits per heavy atom. The molecular formula is C14H21NO4S. The fraction of sp³-hybridized carbons (Fsp3) is 0.571. The minimum Gasteiger partial charge on any atom is -0.490 e. The Hall–Kier alpha value is -1.27. The average Bonchev–Trinajstić information content (AvgIpc) is 2.62. The van der Waals surface area contributed by atoms with Crippen molar-refractivity contribution in [3.8, 4) is 11.5 Å². The van der Waals surface area contributed by atoms with Gasteiger partial charge >= 0.3 is 0 Å². The second-order valence-corrected chi connectivity index (χ2v) is 7.21. The lowest BCUT2D eigenvalue weighted by atomic mass is 10.2. The highest BCUT2D eigenvalue weighted by Crippen LogP contribution is 2.32. The summed E-state index contributed by atoms with van der Waals surface area (Å²) in [5, 5.41) is 0. The first-order chi connectivity index (χ1) is 9.49. The van der Waals surface area contributed by atoms with Crippen molar-refractivity contribution < 1.29 is 17.9 Å². The molecule has 2 N–H and O–H groups in total. The molecule has 0 bridgehead atoms. The molecule has 0 fully saturated rings. The molecule has 1 aliphatic heterocycles. The van der Waals surface area contributed by atoms with Crippen LogP contribution in [0.25, 0.3) is 0 Å². The summed E-state index contributed by atoms with van der Waals surface area (Å²) in [6.45, 7) is 3.01. The molecule has 1 aromatic carbocycles. The SMILES string of the molecule is CC(N)CCCS(=O)(=O)c1ccc2c(c1)OCCCO2. The Labute approximate surface area is 120 Å². The molecule has 6 heteroatoms. The molecule has 1 heterocycles. The van der Waals surface area contributed by atoms with E-state index < -0.39 is 9.84 Å². The van der Waals surface area contributed by atoms with Gasteiger partial charge in [-0.1, -0.05) is 0 Å². The summed E-state index contributed by atoms with van der Waals surface area (Å²) < 4.78 is 35.5. The number of benzene rings is 1. The Bertz CT molecular complexity index is 554. The fourth-order valence-corrected chi connectivity index (χ4v) is 3.39. The van der Waals surface area contributed by atoms with E-state index in [-0.39, 0.29) is 16.7 Å². The van der Waals surface area contributed by atoms with Gasteiger partial charge in [0.1, 0.15) is 0 Å². The molecule has 5 nitrogen and oxygen atoms in total. The third-order valence-corrected chi connectivity index (χ3v) is 4.95. The highest BCUT2D eigenvalue weighted by Gasteiger charge is 2.18. The van der Waals surface area contributed by atoms with Crippen molar-refractivity contribution in [1.29, 1.82) is 0 Å². The zero-order valence-corrected chi connectivity index (χ0v) is 12.5. The van der Waals surface area contributed by atoms with Gasteiger partial charge in [-0.25, -0.2) is 8.42 Å². The Kier molecular flexibility index (Phi) is 4.88. The van der Waals surface area contributed by atoms with Gasteiger partial charge in [0.25, 0.3) is 0 Å². The van der Waals surface area contributed by atoms with Crippen molar-refractivity contribution in [2.75, 3.05) is 19.0 Å². The van der Waals surface area contributed by atoms with Crippen LogP contribution in [-0.2, 0) is 9.84 Å². The number of rotatable bonds is 5. The molecule has 1 aliphatic rings. The molecule has 0 amide bonds. The highest BCUT2D eigenvalue weighted by atomic mass is 32.2. The summed E-state index contributed by atoms with van der Waals surface area (Å²) in [5.74, 6) is 1.22. The fourth-order valence-electron chi connectivity index (χ4n) is 2.05. The molecule has 112 valence electrons. The van der Waals surface area contributed by atoms with Gasteiger partial charge in [-0.3, -0.25) is 0 Å². The zero-order valence-electron chi connectivity index (χ0n) is 11.7. The normalized spacial score (nSPS) is 16.5. The lowest BCUT2D eigenvalue weighted by Crippen LogP contribution is -2.16. The molecule has 2 rings (SSSR count). The number of ether oxygens (including phenoxy) is 2.